The Morgan fingerprint density at radius 1 is 1.24 bits per heavy atom. The predicted molar refractivity (Wildman–Crippen MR) is 86.6 cm³/mol. The average molecular weight is 288 g/mol. The van der Waals surface area contributed by atoms with Crippen molar-refractivity contribution in [2.75, 3.05) is 26.2 Å². The van der Waals surface area contributed by atoms with Gasteiger partial charge < -0.3 is 5.11 Å². The standard InChI is InChI=1S/C18H28N2O/c1-13(2)15-4-5-18(21)16(9-15)11-19-6-7-20-10-14(3)8-17(20)12-19/h4-5,9,13-14,17,21H,6-8,10-12H2,1-3H3. The van der Waals surface area contributed by atoms with Crippen molar-refractivity contribution in [1.29, 1.82) is 0 Å². The van der Waals surface area contributed by atoms with Crippen molar-refractivity contribution >= 4 is 0 Å². The van der Waals surface area contributed by atoms with Gasteiger partial charge in [0, 0.05) is 44.3 Å². The highest BCUT2D eigenvalue weighted by Crippen LogP contribution is 2.29. The lowest BCUT2D eigenvalue weighted by molar-refractivity contribution is 0.0984. The Morgan fingerprint density at radius 3 is 2.81 bits per heavy atom. The monoisotopic (exact) mass is 288 g/mol. The van der Waals surface area contributed by atoms with Crippen LogP contribution in [-0.4, -0.2) is 47.1 Å². The third-order valence-corrected chi connectivity index (χ3v) is 5.07. The lowest BCUT2D eigenvalue weighted by atomic mass is 9.99. The fraction of sp³-hybridized carbons (Fsp3) is 0.667. The van der Waals surface area contributed by atoms with Crippen LogP contribution < -0.4 is 0 Å². The molecule has 0 amide bonds. The number of piperazine rings is 1. The number of phenolic OH excluding ortho intramolecular Hbond substituents is 1. The second kappa shape index (κ2) is 5.98. The number of aromatic hydroxyl groups is 1. The van der Waals surface area contributed by atoms with E-state index in [0.29, 0.717) is 11.7 Å². The van der Waals surface area contributed by atoms with Gasteiger partial charge in [0.2, 0.25) is 0 Å². The number of hydrogen-bond acceptors (Lipinski definition) is 3. The van der Waals surface area contributed by atoms with Crippen LogP contribution >= 0.6 is 0 Å². The zero-order chi connectivity index (χ0) is 15.0. The van der Waals surface area contributed by atoms with E-state index in [-0.39, 0.29) is 0 Å². The van der Waals surface area contributed by atoms with Crippen LogP contribution in [0.25, 0.3) is 0 Å². The third-order valence-electron chi connectivity index (χ3n) is 5.07. The molecule has 1 N–H and O–H groups in total. The fourth-order valence-electron chi connectivity index (χ4n) is 3.84. The molecule has 1 aromatic carbocycles. The molecule has 0 aromatic heterocycles. The van der Waals surface area contributed by atoms with Crippen LogP contribution in [0.3, 0.4) is 0 Å². The number of rotatable bonds is 3. The van der Waals surface area contributed by atoms with E-state index >= 15 is 0 Å². The largest absolute Gasteiger partial charge is 0.508 e. The van der Waals surface area contributed by atoms with Gasteiger partial charge in [0.25, 0.3) is 0 Å². The molecule has 1 aromatic rings. The molecule has 0 saturated carbocycles. The second-order valence-electron chi connectivity index (χ2n) is 7.27. The first-order valence-corrected chi connectivity index (χ1v) is 8.31. The zero-order valence-electron chi connectivity index (χ0n) is 13.5. The summed E-state index contributed by atoms with van der Waals surface area (Å²) >= 11 is 0. The van der Waals surface area contributed by atoms with Crippen LogP contribution in [0.2, 0.25) is 0 Å². The molecule has 3 heteroatoms. The molecule has 0 bridgehead atoms. The lowest BCUT2D eigenvalue weighted by Gasteiger charge is -2.37. The van der Waals surface area contributed by atoms with E-state index in [1.165, 1.54) is 25.1 Å². The van der Waals surface area contributed by atoms with Crippen molar-refractivity contribution in [2.24, 2.45) is 5.92 Å². The maximum Gasteiger partial charge on any atom is 0.120 e. The summed E-state index contributed by atoms with van der Waals surface area (Å²) in [7, 11) is 0. The maximum atomic E-state index is 10.1. The van der Waals surface area contributed by atoms with E-state index in [4.69, 9.17) is 0 Å². The minimum Gasteiger partial charge on any atom is -0.508 e. The van der Waals surface area contributed by atoms with Gasteiger partial charge in [0.15, 0.2) is 0 Å². The summed E-state index contributed by atoms with van der Waals surface area (Å²) in [6.07, 6.45) is 1.33. The molecule has 2 aliphatic heterocycles. The Labute approximate surface area is 128 Å². The molecule has 0 aliphatic carbocycles. The first-order valence-electron chi connectivity index (χ1n) is 8.31. The molecule has 2 atom stereocenters. The van der Waals surface area contributed by atoms with Gasteiger partial charge in [-0.3, -0.25) is 9.80 Å². The van der Waals surface area contributed by atoms with E-state index in [2.05, 4.69) is 36.6 Å². The molecule has 2 aliphatic rings. The van der Waals surface area contributed by atoms with Crippen LogP contribution in [0.4, 0.5) is 0 Å². The minimum atomic E-state index is 0.446. The minimum absolute atomic E-state index is 0.446. The van der Waals surface area contributed by atoms with Gasteiger partial charge >= 0.3 is 0 Å². The maximum absolute atomic E-state index is 10.1. The summed E-state index contributed by atoms with van der Waals surface area (Å²) in [5.74, 6) is 1.80. The van der Waals surface area contributed by atoms with Gasteiger partial charge in [0.05, 0.1) is 0 Å². The molecule has 0 radical (unpaired) electrons. The first kappa shape index (κ1) is 14.9. The fourth-order valence-corrected chi connectivity index (χ4v) is 3.84. The molecule has 2 unspecified atom stereocenters. The van der Waals surface area contributed by atoms with E-state index in [0.717, 1.165) is 37.2 Å². The third kappa shape index (κ3) is 3.24. The van der Waals surface area contributed by atoms with Gasteiger partial charge in [-0.2, -0.15) is 0 Å². The molecular weight excluding hydrogens is 260 g/mol. The van der Waals surface area contributed by atoms with Crippen molar-refractivity contribution in [1.82, 2.24) is 9.80 Å². The van der Waals surface area contributed by atoms with E-state index in [9.17, 15) is 5.11 Å². The molecule has 3 rings (SSSR count). The summed E-state index contributed by atoms with van der Waals surface area (Å²) in [4.78, 5) is 5.16. The van der Waals surface area contributed by atoms with Crippen LogP contribution in [0, 0.1) is 5.92 Å². The summed E-state index contributed by atoms with van der Waals surface area (Å²) in [5.41, 5.74) is 2.40. The summed E-state index contributed by atoms with van der Waals surface area (Å²) in [6, 6.07) is 6.81. The molecule has 2 saturated heterocycles. The second-order valence-corrected chi connectivity index (χ2v) is 7.27. The highest BCUT2D eigenvalue weighted by molar-refractivity contribution is 5.37. The normalized spacial score (nSPS) is 27.2. The van der Waals surface area contributed by atoms with Crippen molar-refractivity contribution in [3.8, 4) is 5.75 Å². The van der Waals surface area contributed by atoms with Gasteiger partial charge in [-0.05, 0) is 29.9 Å². The molecular formula is C18H28N2O. The van der Waals surface area contributed by atoms with Crippen LogP contribution in [-0.2, 0) is 6.54 Å². The summed E-state index contributed by atoms with van der Waals surface area (Å²) in [6.45, 7) is 12.4. The van der Waals surface area contributed by atoms with Crippen molar-refractivity contribution in [3.05, 3.63) is 29.3 Å². The van der Waals surface area contributed by atoms with Crippen LogP contribution in [0.15, 0.2) is 18.2 Å². The van der Waals surface area contributed by atoms with E-state index < -0.39 is 0 Å². The molecule has 0 spiro atoms. The number of phenols is 1. The van der Waals surface area contributed by atoms with Crippen LogP contribution in [0.1, 0.15) is 44.2 Å². The Morgan fingerprint density at radius 2 is 2.05 bits per heavy atom. The lowest BCUT2D eigenvalue weighted by Crippen LogP contribution is -2.49. The Balaban J connectivity index is 1.68. The number of hydrogen-bond donors (Lipinski definition) is 1. The molecule has 3 nitrogen and oxygen atoms in total. The summed E-state index contributed by atoms with van der Waals surface area (Å²) in [5, 5.41) is 10.1. The van der Waals surface area contributed by atoms with Crippen molar-refractivity contribution in [2.45, 2.75) is 45.7 Å². The highest BCUT2D eigenvalue weighted by Gasteiger charge is 2.34. The highest BCUT2D eigenvalue weighted by atomic mass is 16.3. The SMILES string of the molecule is CC1CC2CN(Cc3cc(C(C)C)ccc3O)CCN2C1. The van der Waals surface area contributed by atoms with Crippen molar-refractivity contribution < 1.29 is 5.11 Å². The smallest absolute Gasteiger partial charge is 0.120 e. The van der Waals surface area contributed by atoms with Crippen LogP contribution in [0.5, 0.6) is 5.75 Å². The quantitative estimate of drug-likeness (QED) is 0.926. The average Bonchev–Trinajstić information content (AvgIpc) is 2.80. The van der Waals surface area contributed by atoms with Crippen molar-refractivity contribution in [3.63, 3.8) is 0 Å². The van der Waals surface area contributed by atoms with Gasteiger partial charge in [-0.15, -0.1) is 0 Å². The van der Waals surface area contributed by atoms with Gasteiger partial charge in [-0.1, -0.05) is 32.9 Å². The molecule has 116 valence electrons. The zero-order valence-corrected chi connectivity index (χ0v) is 13.5. The van der Waals surface area contributed by atoms with E-state index in [1.54, 1.807) is 0 Å². The van der Waals surface area contributed by atoms with Gasteiger partial charge in [0.1, 0.15) is 5.75 Å². The Hall–Kier alpha value is -1.06. The molecule has 2 heterocycles. The number of benzene rings is 1. The van der Waals surface area contributed by atoms with Gasteiger partial charge in [-0.25, -0.2) is 0 Å². The topological polar surface area (TPSA) is 26.7 Å². The first-order chi connectivity index (χ1) is 10.0. The number of fused-ring (bicyclic) bond motifs is 1. The Kier molecular flexibility index (Phi) is 4.23. The Bertz CT molecular complexity index is 500. The number of nitrogens with zero attached hydrogens (tertiary/aromatic N) is 2. The summed E-state index contributed by atoms with van der Waals surface area (Å²) < 4.78 is 0. The molecule has 2 fully saturated rings. The predicted octanol–water partition coefficient (Wildman–Crippen LogP) is 3.04. The molecule has 21 heavy (non-hydrogen) atoms. The van der Waals surface area contributed by atoms with E-state index in [1.807, 2.05) is 12.1 Å².